The Labute approximate surface area is 91.8 Å². The zero-order valence-electron chi connectivity index (χ0n) is 9.35. The Kier molecular flexibility index (Phi) is 4.32. The molecule has 1 aromatic carbocycles. The summed E-state index contributed by atoms with van der Waals surface area (Å²) in [6, 6.07) is 10.0. The van der Waals surface area contributed by atoms with E-state index in [-0.39, 0.29) is 5.92 Å². The molecule has 15 heavy (non-hydrogen) atoms. The third-order valence-corrected chi connectivity index (χ3v) is 2.53. The molecular weight excluding hydrogens is 184 g/mol. The first-order valence-electron chi connectivity index (χ1n) is 5.19. The second-order valence-electron chi connectivity index (χ2n) is 3.84. The minimum atomic E-state index is -0.442. The molecule has 1 heteroatoms. The highest BCUT2D eigenvalue weighted by Crippen LogP contribution is 2.16. The number of aliphatic hydroxyl groups is 1. The van der Waals surface area contributed by atoms with Crippen molar-refractivity contribution in [1.29, 1.82) is 0 Å². The van der Waals surface area contributed by atoms with Crippen molar-refractivity contribution >= 4 is 6.08 Å². The van der Waals surface area contributed by atoms with Gasteiger partial charge in [0.05, 0.1) is 6.10 Å². The van der Waals surface area contributed by atoms with E-state index in [9.17, 15) is 5.11 Å². The third-order valence-electron chi connectivity index (χ3n) is 2.53. The molecule has 2 atom stereocenters. The Balaban J connectivity index is 2.80. The van der Waals surface area contributed by atoms with Crippen LogP contribution in [0.2, 0.25) is 0 Å². The van der Waals surface area contributed by atoms with Crippen LogP contribution in [0.25, 0.3) is 6.08 Å². The van der Waals surface area contributed by atoms with Crippen LogP contribution in [0.5, 0.6) is 0 Å². The molecule has 1 N–H and O–H groups in total. The number of rotatable bonds is 4. The topological polar surface area (TPSA) is 20.2 Å². The lowest BCUT2D eigenvalue weighted by atomic mass is 9.97. The molecule has 0 spiro atoms. The normalized spacial score (nSPS) is 15.8. The summed E-state index contributed by atoms with van der Waals surface area (Å²) in [5.41, 5.74) is 2.08. The van der Waals surface area contributed by atoms with Crippen LogP contribution in [-0.2, 0) is 0 Å². The van der Waals surface area contributed by atoms with Crippen molar-refractivity contribution in [2.24, 2.45) is 5.92 Å². The summed E-state index contributed by atoms with van der Waals surface area (Å²) < 4.78 is 0. The second-order valence-corrected chi connectivity index (χ2v) is 3.84. The van der Waals surface area contributed by atoms with Crippen LogP contribution >= 0.6 is 0 Å². The molecule has 0 aliphatic carbocycles. The van der Waals surface area contributed by atoms with Crippen molar-refractivity contribution < 1.29 is 5.11 Å². The monoisotopic (exact) mass is 202 g/mol. The summed E-state index contributed by atoms with van der Waals surface area (Å²) in [4.78, 5) is 0. The van der Waals surface area contributed by atoms with Gasteiger partial charge < -0.3 is 5.11 Å². The minimum Gasteiger partial charge on any atom is -0.388 e. The predicted octanol–water partition coefficient (Wildman–Crippen LogP) is 3.27. The summed E-state index contributed by atoms with van der Waals surface area (Å²) in [5, 5.41) is 9.91. The first kappa shape index (κ1) is 11.7. The molecule has 0 bridgehead atoms. The van der Waals surface area contributed by atoms with Crippen LogP contribution in [0.15, 0.2) is 48.6 Å². The number of aliphatic hydroxyl groups excluding tert-OH is 1. The van der Waals surface area contributed by atoms with E-state index in [1.54, 1.807) is 6.08 Å². The van der Waals surface area contributed by atoms with Gasteiger partial charge >= 0.3 is 0 Å². The Bertz CT molecular complexity index is 338. The Hall–Kier alpha value is -1.34. The van der Waals surface area contributed by atoms with E-state index >= 15 is 0 Å². The van der Waals surface area contributed by atoms with Gasteiger partial charge in [0.15, 0.2) is 0 Å². The van der Waals surface area contributed by atoms with Crippen molar-refractivity contribution in [2.75, 3.05) is 0 Å². The maximum Gasteiger partial charge on any atom is 0.0810 e. The van der Waals surface area contributed by atoms with Gasteiger partial charge in [0.25, 0.3) is 0 Å². The average molecular weight is 202 g/mol. The summed E-state index contributed by atoms with van der Waals surface area (Å²) >= 11 is 0. The first-order valence-corrected chi connectivity index (χ1v) is 5.19. The Morgan fingerprint density at radius 1 is 1.33 bits per heavy atom. The van der Waals surface area contributed by atoms with E-state index in [4.69, 9.17) is 0 Å². The van der Waals surface area contributed by atoms with E-state index in [1.807, 2.05) is 50.3 Å². The van der Waals surface area contributed by atoms with Gasteiger partial charge in [0, 0.05) is 5.92 Å². The van der Waals surface area contributed by atoms with E-state index in [2.05, 4.69) is 6.58 Å². The summed E-state index contributed by atoms with van der Waals surface area (Å²) in [5.74, 6) is 0.0879. The van der Waals surface area contributed by atoms with Gasteiger partial charge in [-0.3, -0.25) is 0 Å². The van der Waals surface area contributed by atoms with Crippen molar-refractivity contribution in [3.05, 3.63) is 54.1 Å². The molecule has 1 rings (SSSR count). The van der Waals surface area contributed by atoms with Crippen LogP contribution in [0.1, 0.15) is 19.4 Å². The fraction of sp³-hybridized carbons (Fsp3) is 0.286. The van der Waals surface area contributed by atoms with Gasteiger partial charge in [-0.15, -0.1) is 6.58 Å². The molecule has 0 radical (unpaired) electrons. The van der Waals surface area contributed by atoms with E-state index < -0.39 is 6.10 Å². The molecule has 0 fully saturated rings. The number of benzene rings is 1. The first-order chi connectivity index (χ1) is 7.15. The second kappa shape index (κ2) is 5.52. The quantitative estimate of drug-likeness (QED) is 0.743. The molecule has 1 aromatic rings. The van der Waals surface area contributed by atoms with Crippen molar-refractivity contribution in [3.63, 3.8) is 0 Å². The lowest BCUT2D eigenvalue weighted by molar-refractivity contribution is 0.174. The number of hydrogen-bond donors (Lipinski definition) is 1. The van der Waals surface area contributed by atoms with Crippen LogP contribution in [0.3, 0.4) is 0 Å². The van der Waals surface area contributed by atoms with Crippen molar-refractivity contribution in [3.8, 4) is 0 Å². The third kappa shape index (κ3) is 3.37. The minimum absolute atomic E-state index is 0.0879. The van der Waals surface area contributed by atoms with Crippen LogP contribution < -0.4 is 0 Å². The highest BCUT2D eigenvalue weighted by molar-refractivity contribution is 5.53. The molecular formula is C14H18O. The molecule has 1 nitrogen and oxygen atoms in total. The molecule has 0 aromatic heterocycles. The molecule has 0 saturated carbocycles. The predicted molar refractivity (Wildman–Crippen MR) is 65.5 cm³/mol. The van der Waals surface area contributed by atoms with Gasteiger partial charge in [-0.2, -0.15) is 0 Å². The summed E-state index contributed by atoms with van der Waals surface area (Å²) in [6.07, 6.45) is 3.33. The molecule has 0 amide bonds. The van der Waals surface area contributed by atoms with Gasteiger partial charge in [0.1, 0.15) is 0 Å². The maximum atomic E-state index is 9.91. The SMILES string of the molecule is C=CC(C)C(O)C(C)=Cc1ccccc1. The van der Waals surface area contributed by atoms with Gasteiger partial charge in [-0.05, 0) is 18.1 Å². The molecule has 0 aliphatic rings. The number of hydrogen-bond acceptors (Lipinski definition) is 1. The molecule has 0 aliphatic heterocycles. The summed E-state index contributed by atoms with van der Waals surface area (Å²) in [6.45, 7) is 7.58. The van der Waals surface area contributed by atoms with Crippen molar-refractivity contribution in [1.82, 2.24) is 0 Å². The fourth-order valence-corrected chi connectivity index (χ4v) is 1.44. The Morgan fingerprint density at radius 2 is 1.93 bits per heavy atom. The highest BCUT2D eigenvalue weighted by atomic mass is 16.3. The molecule has 2 unspecified atom stereocenters. The standard InChI is InChI=1S/C14H18O/c1-4-11(2)14(15)12(3)10-13-8-6-5-7-9-13/h4-11,14-15H,1H2,2-3H3. The van der Waals surface area contributed by atoms with E-state index in [0.717, 1.165) is 11.1 Å². The summed E-state index contributed by atoms with van der Waals surface area (Å²) in [7, 11) is 0. The largest absolute Gasteiger partial charge is 0.388 e. The van der Waals surface area contributed by atoms with E-state index in [0.29, 0.717) is 0 Å². The van der Waals surface area contributed by atoms with Crippen LogP contribution in [-0.4, -0.2) is 11.2 Å². The van der Waals surface area contributed by atoms with Gasteiger partial charge in [-0.25, -0.2) is 0 Å². The average Bonchev–Trinajstić information content (AvgIpc) is 2.28. The van der Waals surface area contributed by atoms with Gasteiger partial charge in [0.2, 0.25) is 0 Å². The molecule has 0 heterocycles. The van der Waals surface area contributed by atoms with E-state index in [1.165, 1.54) is 0 Å². The van der Waals surface area contributed by atoms with Crippen molar-refractivity contribution in [2.45, 2.75) is 20.0 Å². The Morgan fingerprint density at radius 3 is 2.47 bits per heavy atom. The zero-order chi connectivity index (χ0) is 11.3. The van der Waals surface area contributed by atoms with Gasteiger partial charge in [-0.1, -0.05) is 49.4 Å². The lowest BCUT2D eigenvalue weighted by Gasteiger charge is -2.15. The smallest absolute Gasteiger partial charge is 0.0810 e. The van der Waals surface area contributed by atoms with Crippen LogP contribution in [0.4, 0.5) is 0 Å². The molecule has 80 valence electrons. The zero-order valence-corrected chi connectivity index (χ0v) is 9.35. The molecule has 0 saturated heterocycles. The fourth-order valence-electron chi connectivity index (χ4n) is 1.44. The lowest BCUT2D eigenvalue weighted by Crippen LogP contribution is -2.16. The van der Waals surface area contributed by atoms with Crippen LogP contribution in [0, 0.1) is 5.92 Å². The highest BCUT2D eigenvalue weighted by Gasteiger charge is 2.12. The maximum absolute atomic E-state index is 9.91.